The van der Waals surface area contributed by atoms with E-state index in [-0.39, 0.29) is 58.1 Å². The van der Waals surface area contributed by atoms with Gasteiger partial charge in [0.15, 0.2) is 0 Å². The number of hydrogen-bond donors (Lipinski definition) is 2. The van der Waals surface area contributed by atoms with Gasteiger partial charge in [-0.15, -0.1) is 0 Å². The molecule has 0 saturated heterocycles. The Kier molecular flexibility index (Phi) is 7.38. The number of ketones is 1. The van der Waals surface area contributed by atoms with Crippen LogP contribution in [-0.4, -0.2) is 54.7 Å². The van der Waals surface area contributed by atoms with Crippen LogP contribution in [0.25, 0.3) is 0 Å². The zero-order valence-electron chi connectivity index (χ0n) is 24.1. The van der Waals surface area contributed by atoms with Gasteiger partial charge in [-0.25, -0.2) is 0 Å². The van der Waals surface area contributed by atoms with Gasteiger partial charge in [-0.05, 0) is 75.8 Å². The van der Waals surface area contributed by atoms with Crippen LogP contribution in [0.5, 0.6) is 0 Å². The molecule has 0 amide bonds. The van der Waals surface area contributed by atoms with Gasteiger partial charge in [0.1, 0.15) is 5.78 Å². The fourth-order valence-electron chi connectivity index (χ4n) is 8.94. The Morgan fingerprint density at radius 1 is 1.22 bits per heavy atom. The summed E-state index contributed by atoms with van der Waals surface area (Å²) in [5.41, 5.74) is 7.76. The summed E-state index contributed by atoms with van der Waals surface area (Å²) in [7, 11) is 4.18. The lowest BCUT2D eigenvalue weighted by Crippen LogP contribution is -2.55. The van der Waals surface area contributed by atoms with Crippen molar-refractivity contribution >= 4 is 5.78 Å². The summed E-state index contributed by atoms with van der Waals surface area (Å²) in [6.07, 6.45) is 7.06. The average Bonchev–Trinajstić information content (AvgIpc) is 2.92. The van der Waals surface area contributed by atoms with Crippen molar-refractivity contribution in [3.8, 4) is 0 Å². The number of ether oxygens (including phenoxy) is 1. The topological polar surface area (TPSA) is 75.8 Å². The first-order chi connectivity index (χ1) is 16.7. The number of hydrogen-bond acceptors (Lipinski definition) is 5. The minimum absolute atomic E-state index is 0.0292. The number of aliphatic hydroxyl groups is 1. The standard InChI is InChI=1S/C31H52N2O3/c1-18(2)20(4)36-17-29(5)23-11-12-24-22(14-21(23)10-13-27(29)32)25(34)15-31(7)28(19(3)33(8)9)26(35)16-30(24,31)6/h10,18-19,22-24,26-28,35H,4,11-17,32H2,1-3,5-9H3/t19-,22?,23?,24?,26+,27?,28?,29-,30-,31?/m0/s1. The molecule has 10 atom stereocenters. The van der Waals surface area contributed by atoms with Crippen LogP contribution in [0.3, 0.4) is 0 Å². The molecule has 3 saturated carbocycles. The number of rotatable bonds is 6. The summed E-state index contributed by atoms with van der Waals surface area (Å²) in [6.45, 7) is 18.1. The van der Waals surface area contributed by atoms with Gasteiger partial charge in [-0.3, -0.25) is 4.79 Å². The fourth-order valence-corrected chi connectivity index (χ4v) is 8.94. The zero-order chi connectivity index (χ0) is 26.8. The van der Waals surface area contributed by atoms with Gasteiger partial charge < -0.3 is 20.5 Å². The minimum Gasteiger partial charge on any atom is -0.498 e. The largest absolute Gasteiger partial charge is 0.498 e. The lowest BCUT2D eigenvalue weighted by atomic mass is 9.48. The highest BCUT2D eigenvalue weighted by molar-refractivity contribution is 5.84. The van der Waals surface area contributed by atoms with Crippen molar-refractivity contribution in [2.45, 2.75) is 98.3 Å². The van der Waals surface area contributed by atoms with Gasteiger partial charge in [-0.2, -0.15) is 0 Å². The van der Waals surface area contributed by atoms with E-state index in [4.69, 9.17) is 10.5 Å². The second kappa shape index (κ2) is 9.54. The van der Waals surface area contributed by atoms with Gasteiger partial charge in [0.05, 0.1) is 18.5 Å². The number of carbonyl (C=O) groups is 1. The summed E-state index contributed by atoms with van der Waals surface area (Å²) in [5.74, 6) is 2.26. The van der Waals surface area contributed by atoms with E-state index in [1.165, 1.54) is 5.57 Å². The number of carbonyl (C=O) groups excluding carboxylic acids is 1. The Labute approximate surface area is 219 Å². The highest BCUT2D eigenvalue weighted by atomic mass is 16.5. The highest BCUT2D eigenvalue weighted by Crippen LogP contribution is 2.69. The molecule has 0 aliphatic heterocycles. The van der Waals surface area contributed by atoms with Crippen molar-refractivity contribution in [3.63, 3.8) is 0 Å². The molecule has 0 aromatic rings. The Morgan fingerprint density at radius 3 is 2.50 bits per heavy atom. The summed E-state index contributed by atoms with van der Waals surface area (Å²) >= 11 is 0. The maximum absolute atomic E-state index is 13.9. The maximum Gasteiger partial charge on any atom is 0.137 e. The minimum atomic E-state index is -0.372. The van der Waals surface area contributed by atoms with Crippen LogP contribution in [0.1, 0.15) is 80.1 Å². The first-order valence-electron chi connectivity index (χ1n) is 14.3. The van der Waals surface area contributed by atoms with E-state index in [1.54, 1.807) is 0 Å². The van der Waals surface area contributed by atoms with Crippen LogP contribution in [0.4, 0.5) is 0 Å². The molecule has 0 spiro atoms. The molecule has 5 heteroatoms. The molecular formula is C31H52N2O3. The Balaban J connectivity index is 1.66. The van der Waals surface area contributed by atoms with Crippen molar-refractivity contribution in [2.75, 3.05) is 20.7 Å². The maximum atomic E-state index is 13.9. The molecule has 0 bridgehead atoms. The summed E-state index contributed by atoms with van der Waals surface area (Å²) < 4.78 is 6.22. The third-order valence-corrected chi connectivity index (χ3v) is 11.8. The fraction of sp³-hybridized carbons (Fsp3) is 0.839. The average molecular weight is 501 g/mol. The molecule has 36 heavy (non-hydrogen) atoms. The van der Waals surface area contributed by atoms with E-state index in [1.807, 2.05) is 0 Å². The quantitative estimate of drug-likeness (QED) is 0.388. The molecule has 4 aliphatic rings. The van der Waals surface area contributed by atoms with Gasteiger partial charge >= 0.3 is 0 Å². The smallest absolute Gasteiger partial charge is 0.137 e. The van der Waals surface area contributed by atoms with Gasteiger partial charge in [0.2, 0.25) is 0 Å². The highest BCUT2D eigenvalue weighted by Gasteiger charge is 2.67. The predicted molar refractivity (Wildman–Crippen MR) is 146 cm³/mol. The Bertz CT molecular complexity index is 911. The predicted octanol–water partition coefficient (Wildman–Crippen LogP) is 5.19. The zero-order valence-corrected chi connectivity index (χ0v) is 24.1. The number of nitrogens with zero attached hydrogens (tertiary/aromatic N) is 1. The first kappa shape index (κ1) is 27.9. The van der Waals surface area contributed by atoms with E-state index in [0.29, 0.717) is 24.7 Å². The molecule has 3 fully saturated rings. The van der Waals surface area contributed by atoms with Crippen molar-refractivity contribution in [1.29, 1.82) is 0 Å². The number of fused-ring (bicyclic) bond motifs is 4. The van der Waals surface area contributed by atoms with E-state index in [9.17, 15) is 9.90 Å². The van der Waals surface area contributed by atoms with Crippen molar-refractivity contribution < 1.29 is 14.6 Å². The van der Waals surface area contributed by atoms with Crippen LogP contribution in [0.2, 0.25) is 0 Å². The molecule has 4 rings (SSSR count). The molecule has 204 valence electrons. The second-order valence-electron chi connectivity index (χ2n) is 14.1. The normalized spacial score (nSPS) is 45.4. The van der Waals surface area contributed by atoms with Crippen molar-refractivity contribution in [2.24, 2.45) is 51.6 Å². The molecule has 0 aromatic heterocycles. The van der Waals surface area contributed by atoms with Crippen LogP contribution < -0.4 is 5.73 Å². The first-order valence-corrected chi connectivity index (χ1v) is 14.3. The van der Waals surface area contributed by atoms with Gasteiger partial charge in [-0.1, -0.05) is 52.8 Å². The molecule has 3 N–H and O–H groups in total. The number of aliphatic hydroxyl groups excluding tert-OH is 1. The van der Waals surface area contributed by atoms with E-state index >= 15 is 0 Å². The molecule has 4 aliphatic carbocycles. The van der Waals surface area contributed by atoms with E-state index < -0.39 is 0 Å². The van der Waals surface area contributed by atoms with Crippen LogP contribution in [-0.2, 0) is 9.53 Å². The lowest BCUT2D eigenvalue weighted by molar-refractivity contribution is -0.147. The summed E-state index contributed by atoms with van der Waals surface area (Å²) in [4.78, 5) is 16.1. The molecule has 0 radical (unpaired) electrons. The van der Waals surface area contributed by atoms with Crippen LogP contribution in [0.15, 0.2) is 24.0 Å². The molecule has 6 unspecified atom stereocenters. The van der Waals surface area contributed by atoms with E-state index in [0.717, 1.165) is 37.9 Å². The van der Waals surface area contributed by atoms with Gasteiger partial charge in [0.25, 0.3) is 0 Å². The van der Waals surface area contributed by atoms with Crippen LogP contribution >= 0.6 is 0 Å². The Morgan fingerprint density at radius 2 is 1.89 bits per heavy atom. The molecule has 5 nitrogen and oxygen atoms in total. The number of allylic oxidation sites excluding steroid dienone is 2. The van der Waals surface area contributed by atoms with Gasteiger partial charge in [0, 0.05) is 41.7 Å². The molecule has 0 heterocycles. The third-order valence-electron chi connectivity index (χ3n) is 11.8. The van der Waals surface area contributed by atoms with E-state index in [2.05, 4.69) is 73.2 Å². The number of nitrogens with two attached hydrogens (primary N) is 1. The van der Waals surface area contributed by atoms with Crippen molar-refractivity contribution in [1.82, 2.24) is 4.90 Å². The monoisotopic (exact) mass is 500 g/mol. The molecule has 0 aromatic carbocycles. The second-order valence-corrected chi connectivity index (χ2v) is 14.1. The Hall–Kier alpha value is -1.17. The summed E-state index contributed by atoms with van der Waals surface area (Å²) in [5, 5.41) is 11.4. The van der Waals surface area contributed by atoms with Crippen LogP contribution in [0, 0.1) is 45.8 Å². The third kappa shape index (κ3) is 4.12. The summed E-state index contributed by atoms with van der Waals surface area (Å²) in [6, 6.07) is 0.251. The number of Topliss-reactive ketones (excluding diaryl/α,β-unsaturated/α-hetero) is 1. The lowest BCUT2D eigenvalue weighted by Gasteiger charge is -2.56. The SMILES string of the molecule is C=C(OC[C@]1(C)C(N)CC=C2CC3C(=O)CC4(C)C([C@H](C)N(C)C)[C@H](O)C[C@@]4(C)C3CCC21)C(C)C. The van der Waals surface area contributed by atoms with Crippen molar-refractivity contribution in [3.05, 3.63) is 24.0 Å². The molecular weight excluding hydrogens is 448 g/mol.